The summed E-state index contributed by atoms with van der Waals surface area (Å²) < 4.78 is 19.1. The predicted molar refractivity (Wildman–Crippen MR) is 135 cm³/mol. The molecule has 0 fully saturated rings. The van der Waals surface area contributed by atoms with E-state index in [1.807, 2.05) is 24.4 Å². The molecule has 0 saturated carbocycles. The Morgan fingerprint density at radius 3 is 2.60 bits per heavy atom. The van der Waals surface area contributed by atoms with Gasteiger partial charge in [-0.1, -0.05) is 11.6 Å². The van der Waals surface area contributed by atoms with Crippen molar-refractivity contribution in [2.75, 3.05) is 7.11 Å². The minimum Gasteiger partial charge on any atom is -0.497 e. The number of fused-ring (bicyclic) bond motifs is 2. The number of carbonyl (C=O) groups excluding carboxylic acids is 2. The Bertz CT molecular complexity index is 1510. The zero-order valence-electron chi connectivity index (χ0n) is 19.4. The van der Waals surface area contributed by atoms with Crippen LogP contribution in [0, 0.1) is 6.92 Å². The standard InChI is InChI=1S/C28H22ClNO5/c1-4-30-15-18(22-14-20(33-3)9-11-23(22)30)13-25-26(31)21-10-12-24(16(2)27(21)34-25)35-28(32)17-5-7-19(29)8-6-17/h5-15H,4H2,1-3H3. The van der Waals surface area contributed by atoms with Crippen molar-refractivity contribution in [2.45, 2.75) is 20.4 Å². The molecule has 0 saturated heterocycles. The highest BCUT2D eigenvalue weighted by atomic mass is 35.5. The Hall–Kier alpha value is -4.03. The van der Waals surface area contributed by atoms with E-state index < -0.39 is 5.97 Å². The summed E-state index contributed by atoms with van der Waals surface area (Å²) in [5, 5.41) is 1.49. The zero-order valence-corrected chi connectivity index (χ0v) is 20.2. The van der Waals surface area contributed by atoms with Crippen LogP contribution in [0.2, 0.25) is 5.02 Å². The summed E-state index contributed by atoms with van der Waals surface area (Å²) in [4.78, 5) is 25.7. The van der Waals surface area contributed by atoms with Gasteiger partial charge in [0.15, 0.2) is 5.76 Å². The highest BCUT2D eigenvalue weighted by Gasteiger charge is 2.31. The second-order valence-corrected chi connectivity index (χ2v) is 8.59. The molecule has 0 spiro atoms. The van der Waals surface area contributed by atoms with E-state index >= 15 is 0 Å². The third-order valence-electron chi connectivity index (χ3n) is 6.07. The minimum atomic E-state index is -0.522. The number of hydrogen-bond acceptors (Lipinski definition) is 5. The topological polar surface area (TPSA) is 66.8 Å². The Morgan fingerprint density at radius 2 is 1.89 bits per heavy atom. The number of ether oxygens (including phenoxy) is 3. The van der Waals surface area contributed by atoms with Gasteiger partial charge in [-0.05, 0) is 74.5 Å². The first kappa shape index (κ1) is 22.7. The lowest BCUT2D eigenvalue weighted by atomic mass is 10.1. The molecule has 35 heavy (non-hydrogen) atoms. The normalized spacial score (nSPS) is 13.7. The largest absolute Gasteiger partial charge is 0.497 e. The highest BCUT2D eigenvalue weighted by Crippen LogP contribution is 2.40. The van der Waals surface area contributed by atoms with E-state index in [2.05, 4.69) is 11.5 Å². The fraction of sp³-hybridized carbons (Fsp3) is 0.143. The average Bonchev–Trinajstić information content (AvgIpc) is 3.38. The van der Waals surface area contributed by atoms with Gasteiger partial charge in [-0.25, -0.2) is 4.79 Å². The van der Waals surface area contributed by atoms with Gasteiger partial charge in [0.2, 0.25) is 5.78 Å². The van der Waals surface area contributed by atoms with Crippen molar-refractivity contribution < 1.29 is 23.8 Å². The summed E-state index contributed by atoms with van der Waals surface area (Å²) in [5.74, 6) is 0.910. The Kier molecular flexibility index (Phi) is 5.83. The van der Waals surface area contributed by atoms with Gasteiger partial charge < -0.3 is 18.8 Å². The molecule has 0 radical (unpaired) electrons. The van der Waals surface area contributed by atoms with Crippen molar-refractivity contribution in [3.05, 3.63) is 93.8 Å². The number of aromatic nitrogens is 1. The van der Waals surface area contributed by atoms with Crippen LogP contribution >= 0.6 is 11.6 Å². The van der Waals surface area contributed by atoms with E-state index in [1.165, 1.54) is 0 Å². The minimum absolute atomic E-state index is 0.210. The maximum Gasteiger partial charge on any atom is 0.343 e. The van der Waals surface area contributed by atoms with Crippen molar-refractivity contribution in [3.63, 3.8) is 0 Å². The lowest BCUT2D eigenvalue weighted by Crippen LogP contribution is -2.09. The molecule has 0 atom stereocenters. The first-order valence-electron chi connectivity index (χ1n) is 11.1. The number of carbonyl (C=O) groups is 2. The predicted octanol–water partition coefficient (Wildman–Crippen LogP) is 6.47. The van der Waals surface area contributed by atoms with E-state index in [0.717, 1.165) is 28.8 Å². The van der Waals surface area contributed by atoms with Gasteiger partial charge in [-0.3, -0.25) is 4.79 Å². The monoisotopic (exact) mass is 487 g/mol. The molecule has 3 aromatic carbocycles. The van der Waals surface area contributed by atoms with Gasteiger partial charge in [-0.2, -0.15) is 0 Å². The molecule has 4 aromatic rings. The molecule has 6 nitrogen and oxygen atoms in total. The first-order valence-corrected chi connectivity index (χ1v) is 11.5. The van der Waals surface area contributed by atoms with Gasteiger partial charge in [0.1, 0.15) is 17.2 Å². The summed E-state index contributed by atoms with van der Waals surface area (Å²) in [7, 11) is 1.62. The molecule has 0 amide bonds. The lowest BCUT2D eigenvalue weighted by molar-refractivity contribution is 0.0733. The fourth-order valence-electron chi connectivity index (χ4n) is 4.17. The molecule has 0 aliphatic carbocycles. The zero-order chi connectivity index (χ0) is 24.7. The molecule has 1 aliphatic rings. The van der Waals surface area contributed by atoms with E-state index in [1.54, 1.807) is 56.5 Å². The third-order valence-corrected chi connectivity index (χ3v) is 6.32. The summed E-state index contributed by atoms with van der Waals surface area (Å²) in [6.45, 7) is 4.60. The number of rotatable bonds is 5. The molecule has 7 heteroatoms. The molecule has 0 bridgehead atoms. The number of nitrogens with zero attached hydrogens (tertiary/aromatic N) is 1. The van der Waals surface area contributed by atoms with Crippen molar-refractivity contribution >= 4 is 40.3 Å². The fourth-order valence-corrected chi connectivity index (χ4v) is 4.30. The molecular formula is C28H22ClNO5. The number of allylic oxidation sites excluding steroid dienone is 1. The SMILES string of the molecule is CCn1cc(C=C2Oc3c(ccc(OC(=O)c4ccc(Cl)cc4)c3C)C2=O)c2cc(OC)ccc21. The second kappa shape index (κ2) is 8.96. The average molecular weight is 488 g/mol. The molecule has 0 N–H and O–H groups in total. The Morgan fingerprint density at radius 1 is 1.11 bits per heavy atom. The van der Waals surface area contributed by atoms with E-state index in [4.69, 9.17) is 25.8 Å². The lowest BCUT2D eigenvalue weighted by Gasteiger charge is -2.10. The number of hydrogen-bond donors (Lipinski definition) is 0. The maximum atomic E-state index is 13.1. The number of benzene rings is 3. The van der Waals surface area contributed by atoms with Gasteiger partial charge in [-0.15, -0.1) is 0 Å². The number of aryl methyl sites for hydroxylation is 1. The van der Waals surface area contributed by atoms with Crippen molar-refractivity contribution in [1.29, 1.82) is 0 Å². The van der Waals surface area contributed by atoms with E-state index in [0.29, 0.717) is 33.2 Å². The van der Waals surface area contributed by atoms with Gasteiger partial charge >= 0.3 is 5.97 Å². The van der Waals surface area contributed by atoms with Crippen LogP contribution in [0.3, 0.4) is 0 Å². The van der Waals surface area contributed by atoms with Crippen LogP contribution in [0.5, 0.6) is 17.2 Å². The highest BCUT2D eigenvalue weighted by molar-refractivity contribution is 6.30. The van der Waals surface area contributed by atoms with Crippen molar-refractivity contribution in [2.24, 2.45) is 0 Å². The second-order valence-electron chi connectivity index (χ2n) is 8.16. The van der Waals surface area contributed by atoms with Crippen LogP contribution in [0.25, 0.3) is 17.0 Å². The van der Waals surface area contributed by atoms with Crippen LogP contribution in [-0.2, 0) is 6.54 Å². The van der Waals surface area contributed by atoms with Crippen LogP contribution in [0.4, 0.5) is 0 Å². The first-order chi connectivity index (χ1) is 16.9. The Labute approximate surface area is 207 Å². The molecule has 0 unspecified atom stereocenters. The van der Waals surface area contributed by atoms with Gasteiger partial charge in [0, 0.05) is 39.8 Å². The van der Waals surface area contributed by atoms with Gasteiger partial charge in [0.05, 0.1) is 18.2 Å². The van der Waals surface area contributed by atoms with Crippen LogP contribution in [-0.4, -0.2) is 23.4 Å². The number of halogens is 1. The summed E-state index contributed by atoms with van der Waals surface area (Å²) >= 11 is 5.89. The maximum absolute atomic E-state index is 13.1. The molecular weight excluding hydrogens is 466 g/mol. The van der Waals surface area contributed by atoms with Crippen LogP contribution < -0.4 is 14.2 Å². The summed E-state index contributed by atoms with van der Waals surface area (Å²) in [6, 6.07) is 15.5. The molecule has 176 valence electrons. The van der Waals surface area contributed by atoms with Gasteiger partial charge in [0.25, 0.3) is 0 Å². The van der Waals surface area contributed by atoms with E-state index in [-0.39, 0.29) is 11.5 Å². The molecule has 2 heterocycles. The number of ketones is 1. The summed E-state index contributed by atoms with van der Waals surface area (Å²) in [5.41, 5.74) is 3.25. The molecule has 1 aliphatic heterocycles. The summed E-state index contributed by atoms with van der Waals surface area (Å²) in [6.07, 6.45) is 3.73. The third kappa shape index (κ3) is 4.06. The quantitative estimate of drug-likeness (QED) is 0.183. The van der Waals surface area contributed by atoms with Crippen LogP contribution in [0.15, 0.2) is 66.6 Å². The number of Topliss-reactive ketones (excluding diaryl/α,β-unsaturated/α-hetero) is 1. The smallest absolute Gasteiger partial charge is 0.343 e. The van der Waals surface area contributed by atoms with Crippen LogP contribution in [0.1, 0.15) is 38.8 Å². The molecule has 1 aromatic heterocycles. The Balaban J connectivity index is 1.47. The number of esters is 1. The molecule has 5 rings (SSSR count). The van der Waals surface area contributed by atoms with Crippen molar-refractivity contribution in [3.8, 4) is 17.2 Å². The van der Waals surface area contributed by atoms with Crippen molar-refractivity contribution in [1.82, 2.24) is 4.57 Å². The number of methoxy groups -OCH3 is 1. The van der Waals surface area contributed by atoms with E-state index in [9.17, 15) is 9.59 Å².